The molecule has 0 aliphatic rings. The number of hydrogen-bond donors (Lipinski definition) is 0. The maximum absolute atomic E-state index is 13.2. The van der Waals surface area contributed by atoms with Crippen molar-refractivity contribution in [3.8, 4) is 0 Å². The van der Waals surface area contributed by atoms with Crippen LogP contribution in [-0.2, 0) is 0 Å². The lowest BCUT2D eigenvalue weighted by Gasteiger charge is -2.18. The molecule has 1 atom stereocenters. The average Bonchev–Trinajstić information content (AvgIpc) is 2.58. The molecule has 1 heterocycles. The van der Waals surface area contributed by atoms with Gasteiger partial charge in [0.2, 0.25) is 0 Å². The predicted molar refractivity (Wildman–Crippen MR) is 64.1 cm³/mol. The Morgan fingerprint density at radius 2 is 1.69 bits per heavy atom. The van der Waals surface area contributed by atoms with Gasteiger partial charge in [0.05, 0.1) is 6.04 Å². The van der Waals surface area contributed by atoms with Gasteiger partial charge in [-0.3, -0.25) is 0 Å². The second-order valence-electron chi connectivity index (χ2n) is 4.22. The molecule has 0 saturated heterocycles. The Balaban J connectivity index is 2.43. The molecule has 0 saturated carbocycles. The molecule has 2 rings (SSSR count). The zero-order chi connectivity index (χ0) is 11.7. The normalized spacial score (nSPS) is 12.8. The molecule has 16 heavy (non-hydrogen) atoms. The Morgan fingerprint density at radius 3 is 2.25 bits per heavy atom. The highest BCUT2D eigenvalue weighted by molar-refractivity contribution is 5.24. The van der Waals surface area contributed by atoms with Crippen LogP contribution in [0.1, 0.15) is 29.9 Å². The van der Waals surface area contributed by atoms with E-state index in [1.165, 1.54) is 17.5 Å². The van der Waals surface area contributed by atoms with Gasteiger partial charge in [-0.05, 0) is 50.6 Å². The number of nitrogens with zero attached hydrogens (tertiary/aromatic N) is 1. The van der Waals surface area contributed by atoms with E-state index in [0.29, 0.717) is 0 Å². The van der Waals surface area contributed by atoms with Crippen LogP contribution in [0.15, 0.2) is 36.4 Å². The van der Waals surface area contributed by atoms with Crippen LogP contribution < -0.4 is 0 Å². The van der Waals surface area contributed by atoms with E-state index in [9.17, 15) is 4.39 Å². The standard InChI is InChI=1S/C14H16FN/c1-10-7-8-11(2)16(10)12(3)13-5-4-6-14(15)9-13/h4-9,12H,1-3H3. The third-order valence-corrected chi connectivity index (χ3v) is 3.04. The molecule has 0 radical (unpaired) electrons. The summed E-state index contributed by atoms with van der Waals surface area (Å²) >= 11 is 0. The lowest BCUT2D eigenvalue weighted by molar-refractivity contribution is 0.590. The second kappa shape index (κ2) is 4.12. The first-order valence-corrected chi connectivity index (χ1v) is 5.49. The van der Waals surface area contributed by atoms with Gasteiger partial charge in [-0.15, -0.1) is 0 Å². The monoisotopic (exact) mass is 217 g/mol. The summed E-state index contributed by atoms with van der Waals surface area (Å²) in [6.45, 7) is 6.24. The zero-order valence-electron chi connectivity index (χ0n) is 9.87. The van der Waals surface area contributed by atoms with Crippen molar-refractivity contribution in [1.29, 1.82) is 0 Å². The Morgan fingerprint density at radius 1 is 1.06 bits per heavy atom. The van der Waals surface area contributed by atoms with E-state index in [4.69, 9.17) is 0 Å². The molecule has 0 fully saturated rings. The minimum atomic E-state index is -0.174. The molecular weight excluding hydrogens is 201 g/mol. The number of hydrogen-bond acceptors (Lipinski definition) is 0. The lowest BCUT2D eigenvalue weighted by atomic mass is 10.1. The first-order valence-electron chi connectivity index (χ1n) is 5.49. The molecule has 1 nitrogen and oxygen atoms in total. The third-order valence-electron chi connectivity index (χ3n) is 3.04. The molecule has 0 aliphatic heterocycles. The van der Waals surface area contributed by atoms with Crippen molar-refractivity contribution in [3.05, 3.63) is 59.2 Å². The second-order valence-corrected chi connectivity index (χ2v) is 4.22. The molecule has 2 heteroatoms. The molecule has 0 bridgehead atoms. The Bertz CT molecular complexity index is 480. The van der Waals surface area contributed by atoms with Gasteiger partial charge in [0, 0.05) is 11.4 Å². The highest BCUT2D eigenvalue weighted by Gasteiger charge is 2.11. The molecule has 1 aromatic carbocycles. The Kier molecular flexibility index (Phi) is 2.82. The zero-order valence-corrected chi connectivity index (χ0v) is 9.87. The van der Waals surface area contributed by atoms with Crippen molar-refractivity contribution in [2.24, 2.45) is 0 Å². The van der Waals surface area contributed by atoms with Crippen molar-refractivity contribution >= 4 is 0 Å². The van der Waals surface area contributed by atoms with Crippen LogP contribution in [0.25, 0.3) is 0 Å². The highest BCUT2D eigenvalue weighted by atomic mass is 19.1. The summed E-state index contributed by atoms with van der Waals surface area (Å²) in [6, 6.07) is 11.2. The molecule has 0 spiro atoms. The number of rotatable bonds is 2. The van der Waals surface area contributed by atoms with Gasteiger partial charge < -0.3 is 4.57 Å². The van der Waals surface area contributed by atoms with Crippen molar-refractivity contribution in [2.45, 2.75) is 26.8 Å². The maximum atomic E-state index is 13.2. The molecule has 0 amide bonds. The first-order chi connectivity index (χ1) is 7.59. The lowest BCUT2D eigenvalue weighted by Crippen LogP contribution is -2.10. The number of aromatic nitrogens is 1. The van der Waals surface area contributed by atoms with Gasteiger partial charge in [-0.1, -0.05) is 12.1 Å². The van der Waals surface area contributed by atoms with Crippen LogP contribution in [0.4, 0.5) is 4.39 Å². The molecule has 1 unspecified atom stereocenters. The van der Waals surface area contributed by atoms with Gasteiger partial charge in [0.25, 0.3) is 0 Å². The van der Waals surface area contributed by atoms with E-state index < -0.39 is 0 Å². The smallest absolute Gasteiger partial charge is 0.123 e. The minimum absolute atomic E-state index is 0.172. The van der Waals surface area contributed by atoms with Gasteiger partial charge in [-0.25, -0.2) is 4.39 Å². The minimum Gasteiger partial charge on any atom is -0.342 e. The van der Waals surface area contributed by atoms with Crippen LogP contribution in [0, 0.1) is 19.7 Å². The molecular formula is C14H16FN. The Labute approximate surface area is 95.5 Å². The quantitative estimate of drug-likeness (QED) is 0.720. The summed E-state index contributed by atoms with van der Waals surface area (Å²) in [7, 11) is 0. The maximum Gasteiger partial charge on any atom is 0.123 e. The SMILES string of the molecule is Cc1ccc(C)n1C(C)c1cccc(F)c1. The van der Waals surface area contributed by atoms with E-state index >= 15 is 0 Å². The van der Waals surface area contributed by atoms with Gasteiger partial charge >= 0.3 is 0 Å². The topological polar surface area (TPSA) is 4.93 Å². The fourth-order valence-corrected chi connectivity index (χ4v) is 2.21. The van der Waals surface area contributed by atoms with Gasteiger partial charge in [-0.2, -0.15) is 0 Å². The summed E-state index contributed by atoms with van der Waals surface area (Å²) in [5.74, 6) is -0.174. The molecule has 1 aromatic heterocycles. The van der Waals surface area contributed by atoms with Crippen LogP contribution in [0.3, 0.4) is 0 Å². The van der Waals surface area contributed by atoms with Crippen LogP contribution in [-0.4, -0.2) is 4.57 Å². The van der Waals surface area contributed by atoms with E-state index in [2.05, 4.69) is 37.5 Å². The summed E-state index contributed by atoms with van der Waals surface area (Å²) in [6.07, 6.45) is 0. The summed E-state index contributed by atoms with van der Waals surface area (Å²) in [4.78, 5) is 0. The van der Waals surface area contributed by atoms with E-state index in [1.807, 2.05) is 6.07 Å². The van der Waals surface area contributed by atoms with Crippen molar-refractivity contribution < 1.29 is 4.39 Å². The summed E-state index contributed by atoms with van der Waals surface area (Å²) < 4.78 is 15.4. The molecule has 0 N–H and O–H groups in total. The van der Waals surface area contributed by atoms with Crippen LogP contribution in [0.2, 0.25) is 0 Å². The number of halogens is 1. The van der Waals surface area contributed by atoms with Crippen LogP contribution in [0.5, 0.6) is 0 Å². The van der Waals surface area contributed by atoms with E-state index in [1.54, 1.807) is 12.1 Å². The third kappa shape index (κ3) is 1.87. The first kappa shape index (κ1) is 10.9. The highest BCUT2D eigenvalue weighted by Crippen LogP contribution is 2.23. The molecule has 0 aliphatic carbocycles. The van der Waals surface area contributed by atoms with E-state index in [0.717, 1.165) is 5.56 Å². The summed E-state index contributed by atoms with van der Waals surface area (Å²) in [5.41, 5.74) is 3.41. The van der Waals surface area contributed by atoms with E-state index in [-0.39, 0.29) is 11.9 Å². The fraction of sp³-hybridized carbons (Fsp3) is 0.286. The summed E-state index contributed by atoms with van der Waals surface area (Å²) in [5, 5.41) is 0. The van der Waals surface area contributed by atoms with Gasteiger partial charge in [0.1, 0.15) is 5.82 Å². The van der Waals surface area contributed by atoms with Crippen molar-refractivity contribution in [1.82, 2.24) is 4.57 Å². The van der Waals surface area contributed by atoms with Crippen molar-refractivity contribution in [3.63, 3.8) is 0 Å². The molecule has 84 valence electrons. The molecule has 2 aromatic rings. The van der Waals surface area contributed by atoms with Gasteiger partial charge in [0.15, 0.2) is 0 Å². The fourth-order valence-electron chi connectivity index (χ4n) is 2.21. The predicted octanol–water partition coefficient (Wildman–Crippen LogP) is 3.85. The van der Waals surface area contributed by atoms with Crippen molar-refractivity contribution in [2.75, 3.05) is 0 Å². The Hall–Kier alpha value is -1.57. The largest absolute Gasteiger partial charge is 0.342 e. The van der Waals surface area contributed by atoms with Crippen LogP contribution >= 0.6 is 0 Å². The number of benzene rings is 1. The number of aryl methyl sites for hydroxylation is 2. The average molecular weight is 217 g/mol.